The third-order valence-corrected chi connectivity index (χ3v) is 4.61. The minimum Gasteiger partial charge on any atom is -0.394 e. The first-order valence-corrected chi connectivity index (χ1v) is 7.04. The zero-order chi connectivity index (χ0) is 11.4. The Hall–Kier alpha value is -0.0900. The number of rotatable bonds is 4. The van der Waals surface area contributed by atoms with Crippen LogP contribution in [0.2, 0.25) is 4.34 Å². The highest BCUT2D eigenvalue weighted by atomic mass is 35.5. The Kier molecular flexibility index (Phi) is 4.25. The monoisotopic (exact) mass is 259 g/mol. The van der Waals surface area contributed by atoms with E-state index in [4.69, 9.17) is 11.6 Å². The van der Waals surface area contributed by atoms with Crippen LogP contribution >= 0.6 is 22.9 Å². The summed E-state index contributed by atoms with van der Waals surface area (Å²) < 4.78 is 0.832. The molecule has 0 bridgehead atoms. The molecule has 2 nitrogen and oxygen atoms in total. The van der Waals surface area contributed by atoms with Gasteiger partial charge in [-0.1, -0.05) is 30.9 Å². The molecule has 0 atom stereocenters. The van der Waals surface area contributed by atoms with E-state index in [1.165, 1.54) is 24.1 Å². The van der Waals surface area contributed by atoms with Gasteiger partial charge in [-0.05, 0) is 25.0 Å². The zero-order valence-corrected chi connectivity index (χ0v) is 10.9. The molecule has 0 amide bonds. The van der Waals surface area contributed by atoms with Crippen LogP contribution in [0, 0.1) is 0 Å². The molecule has 0 unspecified atom stereocenters. The van der Waals surface area contributed by atoms with Crippen molar-refractivity contribution < 1.29 is 5.11 Å². The summed E-state index contributed by atoms with van der Waals surface area (Å²) in [6.45, 7) is 1.06. The third kappa shape index (κ3) is 2.98. The number of hydrogen-bond donors (Lipinski definition) is 2. The summed E-state index contributed by atoms with van der Waals surface area (Å²) in [5.74, 6) is 0. The maximum atomic E-state index is 9.54. The Morgan fingerprint density at radius 1 is 1.31 bits per heavy atom. The van der Waals surface area contributed by atoms with Crippen LogP contribution in [0.15, 0.2) is 12.1 Å². The van der Waals surface area contributed by atoms with Crippen LogP contribution in [0.5, 0.6) is 0 Å². The van der Waals surface area contributed by atoms with Crippen LogP contribution in [0.1, 0.15) is 37.0 Å². The summed E-state index contributed by atoms with van der Waals surface area (Å²) >= 11 is 7.50. The highest BCUT2D eigenvalue weighted by Gasteiger charge is 2.30. The Balaban J connectivity index is 1.91. The van der Waals surface area contributed by atoms with Gasteiger partial charge in [0.25, 0.3) is 0 Å². The summed E-state index contributed by atoms with van der Waals surface area (Å²) in [7, 11) is 0. The van der Waals surface area contributed by atoms with Crippen molar-refractivity contribution in [3.63, 3.8) is 0 Å². The van der Waals surface area contributed by atoms with Gasteiger partial charge in [-0.15, -0.1) is 11.3 Å². The molecule has 0 saturated heterocycles. The van der Waals surface area contributed by atoms with E-state index in [9.17, 15) is 5.11 Å². The van der Waals surface area contributed by atoms with E-state index in [2.05, 4.69) is 5.32 Å². The molecule has 90 valence electrons. The maximum absolute atomic E-state index is 9.54. The summed E-state index contributed by atoms with van der Waals surface area (Å²) in [5.41, 5.74) is -0.0469. The molecule has 1 aliphatic rings. The molecule has 16 heavy (non-hydrogen) atoms. The van der Waals surface area contributed by atoms with Gasteiger partial charge >= 0.3 is 0 Å². The number of aliphatic hydroxyl groups excluding tert-OH is 1. The predicted molar refractivity (Wildman–Crippen MR) is 69.1 cm³/mol. The minimum absolute atomic E-state index is 0.0469. The van der Waals surface area contributed by atoms with Gasteiger partial charge in [-0.2, -0.15) is 0 Å². The number of aliphatic hydroxyl groups is 1. The van der Waals surface area contributed by atoms with Crippen LogP contribution < -0.4 is 5.32 Å². The first kappa shape index (κ1) is 12.4. The van der Waals surface area contributed by atoms with Crippen molar-refractivity contribution in [2.75, 3.05) is 6.61 Å². The van der Waals surface area contributed by atoms with Gasteiger partial charge in [0.15, 0.2) is 0 Å². The zero-order valence-electron chi connectivity index (χ0n) is 9.34. The number of thiophene rings is 1. The van der Waals surface area contributed by atoms with Gasteiger partial charge in [0.05, 0.1) is 10.9 Å². The number of nitrogens with one attached hydrogen (secondary N) is 1. The Bertz CT molecular complexity index is 334. The second kappa shape index (κ2) is 5.50. The molecule has 2 N–H and O–H groups in total. The van der Waals surface area contributed by atoms with Crippen LogP contribution in [0.3, 0.4) is 0 Å². The molecule has 4 heteroatoms. The molecule has 1 fully saturated rings. The lowest BCUT2D eigenvalue weighted by Crippen LogP contribution is -2.49. The van der Waals surface area contributed by atoms with E-state index in [1.54, 1.807) is 11.3 Å². The molecule has 2 rings (SSSR count). The summed E-state index contributed by atoms with van der Waals surface area (Å²) in [5, 5.41) is 13.1. The topological polar surface area (TPSA) is 32.3 Å². The van der Waals surface area contributed by atoms with Crippen molar-refractivity contribution in [2.24, 2.45) is 0 Å². The molecule has 1 heterocycles. The quantitative estimate of drug-likeness (QED) is 0.871. The average Bonchev–Trinajstić information content (AvgIpc) is 2.74. The van der Waals surface area contributed by atoms with Gasteiger partial charge < -0.3 is 10.4 Å². The lowest BCUT2D eigenvalue weighted by Gasteiger charge is -2.36. The van der Waals surface area contributed by atoms with Crippen molar-refractivity contribution in [1.29, 1.82) is 0 Å². The summed E-state index contributed by atoms with van der Waals surface area (Å²) in [4.78, 5) is 1.24. The van der Waals surface area contributed by atoms with E-state index in [-0.39, 0.29) is 12.1 Å². The largest absolute Gasteiger partial charge is 0.394 e. The molecule has 1 aromatic rings. The Labute approximate surface area is 106 Å². The highest BCUT2D eigenvalue weighted by molar-refractivity contribution is 7.16. The van der Waals surface area contributed by atoms with E-state index >= 15 is 0 Å². The molecule has 1 aliphatic carbocycles. The van der Waals surface area contributed by atoms with Crippen molar-refractivity contribution in [3.8, 4) is 0 Å². The third-order valence-electron chi connectivity index (χ3n) is 3.38. The van der Waals surface area contributed by atoms with E-state index in [1.807, 2.05) is 12.1 Å². The van der Waals surface area contributed by atoms with Crippen molar-refractivity contribution in [3.05, 3.63) is 21.3 Å². The van der Waals surface area contributed by atoms with E-state index in [0.29, 0.717) is 0 Å². The molecular weight excluding hydrogens is 242 g/mol. The predicted octanol–water partition coefficient (Wildman–Crippen LogP) is 3.19. The molecule has 0 radical (unpaired) electrons. The highest BCUT2D eigenvalue weighted by Crippen LogP contribution is 2.29. The smallest absolute Gasteiger partial charge is 0.0931 e. The van der Waals surface area contributed by atoms with Crippen molar-refractivity contribution >= 4 is 22.9 Å². The summed E-state index contributed by atoms with van der Waals surface area (Å²) in [6.07, 6.45) is 5.91. The first-order chi connectivity index (χ1) is 7.74. The van der Waals surface area contributed by atoms with Gasteiger partial charge in [0.1, 0.15) is 0 Å². The molecule has 0 aromatic carbocycles. The second-order valence-corrected chi connectivity index (χ2v) is 6.36. The SMILES string of the molecule is OCC1(NCc2ccc(Cl)s2)CCCCC1. The Morgan fingerprint density at radius 2 is 2.06 bits per heavy atom. The fourth-order valence-electron chi connectivity index (χ4n) is 2.34. The minimum atomic E-state index is -0.0469. The lowest BCUT2D eigenvalue weighted by atomic mass is 9.82. The molecular formula is C12H18ClNOS. The first-order valence-electron chi connectivity index (χ1n) is 5.84. The summed E-state index contributed by atoms with van der Waals surface area (Å²) in [6, 6.07) is 3.98. The van der Waals surface area contributed by atoms with Crippen LogP contribution in [-0.2, 0) is 6.54 Å². The normalized spacial score (nSPS) is 19.9. The van der Waals surface area contributed by atoms with Gasteiger partial charge in [-0.25, -0.2) is 0 Å². The number of hydrogen-bond acceptors (Lipinski definition) is 3. The molecule has 1 saturated carbocycles. The van der Waals surface area contributed by atoms with Crippen LogP contribution in [0.25, 0.3) is 0 Å². The van der Waals surface area contributed by atoms with Gasteiger partial charge in [-0.3, -0.25) is 0 Å². The van der Waals surface area contributed by atoms with E-state index in [0.717, 1.165) is 23.7 Å². The van der Waals surface area contributed by atoms with Crippen molar-refractivity contribution in [2.45, 2.75) is 44.2 Å². The number of halogens is 1. The maximum Gasteiger partial charge on any atom is 0.0931 e. The van der Waals surface area contributed by atoms with Crippen LogP contribution in [0.4, 0.5) is 0 Å². The fourth-order valence-corrected chi connectivity index (χ4v) is 3.37. The van der Waals surface area contributed by atoms with Gasteiger partial charge in [0.2, 0.25) is 0 Å². The molecule has 0 aliphatic heterocycles. The fraction of sp³-hybridized carbons (Fsp3) is 0.667. The molecule has 1 aromatic heterocycles. The Morgan fingerprint density at radius 3 is 2.62 bits per heavy atom. The standard InChI is InChI=1S/C12H18ClNOS/c13-11-5-4-10(16-11)8-14-12(9-15)6-2-1-3-7-12/h4-5,14-15H,1-3,6-9H2. The lowest BCUT2D eigenvalue weighted by molar-refractivity contribution is 0.120. The molecule has 0 spiro atoms. The van der Waals surface area contributed by atoms with Crippen LogP contribution in [-0.4, -0.2) is 17.3 Å². The van der Waals surface area contributed by atoms with Crippen molar-refractivity contribution in [1.82, 2.24) is 5.32 Å². The van der Waals surface area contributed by atoms with E-state index < -0.39 is 0 Å². The average molecular weight is 260 g/mol. The second-order valence-electron chi connectivity index (χ2n) is 4.56. The van der Waals surface area contributed by atoms with Gasteiger partial charge in [0, 0.05) is 17.0 Å².